The van der Waals surface area contributed by atoms with E-state index in [1.165, 1.54) is 0 Å². The van der Waals surface area contributed by atoms with E-state index in [2.05, 4.69) is 0 Å². The molecule has 0 fully saturated rings. The molecular weight excluding hydrogens is 171 g/mol. The fraction of sp³-hybridized carbons (Fsp3) is 0.400. The van der Waals surface area contributed by atoms with E-state index in [1.807, 2.05) is 0 Å². The number of hydrogen-bond donors (Lipinski definition) is 3. The Morgan fingerprint density at radius 3 is 2.09 bits per heavy atom. The molecule has 64 valence electrons. The van der Waals surface area contributed by atoms with Gasteiger partial charge < -0.3 is 14.9 Å². The number of carbonyl (C=O) groups is 1. The van der Waals surface area contributed by atoms with Crippen LogP contribution in [-0.2, 0) is 9.36 Å². The van der Waals surface area contributed by atoms with Crippen LogP contribution < -0.4 is 0 Å². The van der Waals surface area contributed by atoms with Crippen LogP contribution in [0.3, 0.4) is 0 Å². The molecule has 0 spiro atoms. The van der Waals surface area contributed by atoms with E-state index >= 15 is 0 Å². The predicted octanol–water partition coefficient (Wildman–Crippen LogP) is 0.543. The molecular formula is C5H9O5P. The summed E-state index contributed by atoms with van der Waals surface area (Å²) in [5, 5.41) is 7.45. The molecule has 0 saturated carbocycles. The molecule has 0 aromatic heterocycles. The maximum Gasteiger partial charge on any atom is 0.363 e. The summed E-state index contributed by atoms with van der Waals surface area (Å²) in [6, 6.07) is 0. The van der Waals surface area contributed by atoms with E-state index in [0.717, 1.165) is 6.08 Å². The van der Waals surface area contributed by atoms with E-state index in [4.69, 9.17) is 14.9 Å². The van der Waals surface area contributed by atoms with E-state index < -0.39 is 18.9 Å². The summed E-state index contributed by atoms with van der Waals surface area (Å²) in [5.74, 6) is -1.57. The number of carboxylic acid groups (broad SMARTS) is 1. The van der Waals surface area contributed by atoms with Crippen LogP contribution in [0.4, 0.5) is 0 Å². The first-order valence-electron chi connectivity index (χ1n) is 2.89. The summed E-state index contributed by atoms with van der Waals surface area (Å²) in [4.78, 5) is 27.1. The zero-order valence-corrected chi connectivity index (χ0v) is 6.78. The molecule has 0 radical (unpaired) electrons. The Morgan fingerprint density at radius 1 is 1.55 bits per heavy atom. The fourth-order valence-electron chi connectivity index (χ4n) is 0.524. The molecule has 0 aromatic rings. The van der Waals surface area contributed by atoms with Gasteiger partial charge in [-0.1, -0.05) is 13.0 Å². The molecule has 0 saturated heterocycles. The molecule has 0 aliphatic carbocycles. The standard InChI is InChI=1S/C5H9O5P/c1-2-3-4(5(6)7)11(8,9)10/h3H,2H2,1H3,(H,6,7)(H2,8,9,10)/b4-3+. The first-order chi connectivity index (χ1) is 4.89. The molecule has 0 aromatic carbocycles. The Hall–Kier alpha value is -0.640. The molecule has 6 heteroatoms. The van der Waals surface area contributed by atoms with Crippen LogP contribution in [0.5, 0.6) is 0 Å². The molecule has 0 rings (SSSR count). The summed E-state index contributed by atoms with van der Waals surface area (Å²) in [6.45, 7) is 1.60. The molecule has 0 amide bonds. The van der Waals surface area contributed by atoms with Crippen molar-refractivity contribution in [1.29, 1.82) is 0 Å². The van der Waals surface area contributed by atoms with Crippen LogP contribution >= 0.6 is 7.60 Å². The smallest absolute Gasteiger partial charge is 0.363 e. The molecule has 0 heterocycles. The van der Waals surface area contributed by atoms with Crippen molar-refractivity contribution in [3.63, 3.8) is 0 Å². The molecule has 0 bridgehead atoms. The zero-order chi connectivity index (χ0) is 9.07. The van der Waals surface area contributed by atoms with Gasteiger partial charge in [-0.25, -0.2) is 4.79 Å². The minimum atomic E-state index is -4.59. The van der Waals surface area contributed by atoms with Crippen molar-refractivity contribution < 1.29 is 24.3 Å². The second-order valence-electron chi connectivity index (χ2n) is 1.85. The van der Waals surface area contributed by atoms with Crippen LogP contribution in [-0.4, -0.2) is 20.9 Å². The summed E-state index contributed by atoms with van der Waals surface area (Å²) >= 11 is 0. The van der Waals surface area contributed by atoms with Gasteiger partial charge in [-0.2, -0.15) is 0 Å². The third kappa shape index (κ3) is 3.32. The Morgan fingerprint density at radius 2 is 2.00 bits per heavy atom. The van der Waals surface area contributed by atoms with Gasteiger partial charge in [0.05, 0.1) is 0 Å². The summed E-state index contributed by atoms with van der Waals surface area (Å²) in [5.41, 5.74) is 0. The average Bonchev–Trinajstić information content (AvgIpc) is 1.79. The van der Waals surface area contributed by atoms with Crippen LogP contribution in [0, 0.1) is 0 Å². The predicted molar refractivity (Wildman–Crippen MR) is 38.1 cm³/mol. The number of allylic oxidation sites excluding steroid dienone is 1. The molecule has 0 atom stereocenters. The van der Waals surface area contributed by atoms with Gasteiger partial charge in [0.25, 0.3) is 0 Å². The van der Waals surface area contributed by atoms with Gasteiger partial charge in [-0.15, -0.1) is 0 Å². The second kappa shape index (κ2) is 3.67. The van der Waals surface area contributed by atoms with E-state index in [1.54, 1.807) is 6.92 Å². The van der Waals surface area contributed by atoms with Gasteiger partial charge in [-0.05, 0) is 6.42 Å². The Kier molecular flexibility index (Phi) is 3.45. The topological polar surface area (TPSA) is 94.8 Å². The monoisotopic (exact) mass is 180 g/mol. The third-order valence-corrected chi connectivity index (χ3v) is 1.93. The Labute approximate surface area is 63.5 Å². The summed E-state index contributed by atoms with van der Waals surface area (Å²) < 4.78 is 10.4. The van der Waals surface area contributed by atoms with Gasteiger partial charge in [0.2, 0.25) is 0 Å². The highest BCUT2D eigenvalue weighted by molar-refractivity contribution is 7.57. The largest absolute Gasteiger partial charge is 0.477 e. The third-order valence-electron chi connectivity index (χ3n) is 0.930. The van der Waals surface area contributed by atoms with Crippen LogP contribution in [0.2, 0.25) is 0 Å². The molecule has 0 unspecified atom stereocenters. The fourth-order valence-corrected chi connectivity index (χ4v) is 1.19. The number of rotatable bonds is 3. The van der Waals surface area contributed by atoms with Crippen molar-refractivity contribution in [3.05, 3.63) is 11.4 Å². The van der Waals surface area contributed by atoms with E-state index in [9.17, 15) is 9.36 Å². The lowest BCUT2D eigenvalue weighted by Crippen LogP contribution is -2.00. The van der Waals surface area contributed by atoms with Crippen molar-refractivity contribution in [3.8, 4) is 0 Å². The molecule has 0 aliphatic heterocycles. The summed E-state index contributed by atoms with van der Waals surface area (Å²) in [6.07, 6.45) is 1.29. The maximum absolute atomic E-state index is 10.4. The van der Waals surface area contributed by atoms with Crippen LogP contribution in [0.15, 0.2) is 11.4 Å². The van der Waals surface area contributed by atoms with Gasteiger partial charge in [0.1, 0.15) is 5.31 Å². The lowest BCUT2D eigenvalue weighted by atomic mass is 10.4. The molecule has 11 heavy (non-hydrogen) atoms. The van der Waals surface area contributed by atoms with Gasteiger partial charge in [0.15, 0.2) is 0 Å². The van der Waals surface area contributed by atoms with Crippen LogP contribution in [0.25, 0.3) is 0 Å². The van der Waals surface area contributed by atoms with Gasteiger partial charge in [0, 0.05) is 0 Å². The molecule has 0 aliphatic rings. The first-order valence-corrected chi connectivity index (χ1v) is 4.50. The van der Waals surface area contributed by atoms with Crippen LogP contribution in [0.1, 0.15) is 13.3 Å². The van der Waals surface area contributed by atoms with Crippen molar-refractivity contribution >= 4 is 13.6 Å². The Balaban J connectivity index is 4.78. The zero-order valence-electron chi connectivity index (χ0n) is 5.89. The van der Waals surface area contributed by atoms with Gasteiger partial charge in [-0.3, -0.25) is 4.57 Å². The van der Waals surface area contributed by atoms with Crippen molar-refractivity contribution in [2.75, 3.05) is 0 Å². The highest BCUT2D eigenvalue weighted by Gasteiger charge is 2.26. The van der Waals surface area contributed by atoms with E-state index in [-0.39, 0.29) is 6.42 Å². The quantitative estimate of drug-likeness (QED) is 0.435. The molecule has 5 nitrogen and oxygen atoms in total. The lowest BCUT2D eigenvalue weighted by Gasteiger charge is -2.02. The van der Waals surface area contributed by atoms with E-state index in [0.29, 0.717) is 0 Å². The summed E-state index contributed by atoms with van der Waals surface area (Å²) in [7, 11) is -4.59. The molecule has 3 N–H and O–H groups in total. The Bertz CT molecular complexity index is 225. The number of aliphatic carboxylic acids is 1. The SMILES string of the molecule is CC/C=C(\C(=O)O)P(=O)(O)O. The van der Waals surface area contributed by atoms with Gasteiger partial charge >= 0.3 is 13.6 Å². The average molecular weight is 180 g/mol. The highest BCUT2D eigenvalue weighted by atomic mass is 31.2. The second-order valence-corrected chi connectivity index (χ2v) is 3.42. The normalized spacial score (nSPS) is 13.2. The maximum atomic E-state index is 10.4. The van der Waals surface area contributed by atoms with Crippen molar-refractivity contribution in [2.45, 2.75) is 13.3 Å². The lowest BCUT2D eigenvalue weighted by molar-refractivity contribution is -0.132. The first kappa shape index (κ1) is 10.4. The minimum Gasteiger partial charge on any atom is -0.477 e. The highest BCUT2D eigenvalue weighted by Crippen LogP contribution is 2.44. The van der Waals surface area contributed by atoms with Crippen molar-refractivity contribution in [2.24, 2.45) is 0 Å². The van der Waals surface area contributed by atoms with Crippen molar-refractivity contribution in [1.82, 2.24) is 0 Å². The minimum absolute atomic E-state index is 0.284. The number of hydrogen-bond acceptors (Lipinski definition) is 2. The number of carboxylic acids is 1.